The molecule has 0 aromatic carbocycles. The molecule has 0 saturated carbocycles. The molecule has 0 aromatic heterocycles. The summed E-state index contributed by atoms with van der Waals surface area (Å²) in [5.41, 5.74) is -4.53. The van der Waals surface area contributed by atoms with Crippen LogP contribution >= 0.6 is 7.60 Å². The Bertz CT molecular complexity index is 530. The average molecular weight is 498 g/mol. The zero-order valence-electron chi connectivity index (χ0n) is 20.3. The third kappa shape index (κ3) is 21.9. The fraction of sp³-hybridized carbons (Fsp3) is 0.864. The molecule has 0 aliphatic carbocycles. The molecule has 0 bridgehead atoms. The summed E-state index contributed by atoms with van der Waals surface area (Å²) in [6.07, 6.45) is 15.4. The summed E-state index contributed by atoms with van der Waals surface area (Å²) in [5, 5.41) is 9.44. The van der Waals surface area contributed by atoms with Crippen molar-refractivity contribution >= 4 is 13.4 Å². The van der Waals surface area contributed by atoms with Crippen molar-refractivity contribution in [3.8, 4) is 0 Å². The summed E-state index contributed by atoms with van der Waals surface area (Å²) < 4.78 is 36.6. The second kappa shape index (κ2) is 22.8. The van der Waals surface area contributed by atoms with Crippen LogP contribution in [-0.4, -0.2) is 22.7 Å². The van der Waals surface area contributed by atoms with Gasteiger partial charge in [0.25, 0.3) is 5.66 Å². The van der Waals surface area contributed by atoms with Crippen molar-refractivity contribution in [2.24, 2.45) is 0 Å². The van der Waals surface area contributed by atoms with Gasteiger partial charge in [-0.3, -0.25) is 4.79 Å². The SMILES string of the molecule is CCCCCCCC/C=C\CCCCCCCC(=O)C[C@@H](O)CC(F)(F)P(=O)([O-])[O-].[Na+].[Na+]. The van der Waals surface area contributed by atoms with Gasteiger partial charge in [0.15, 0.2) is 0 Å². The molecule has 0 rings (SSSR count). The number of Topliss-reactive ketones (excluding diaryl/α,β-unsaturated/α-hetero) is 1. The first-order chi connectivity index (χ1) is 14.1. The molecule has 0 heterocycles. The number of alkyl halides is 2. The average Bonchev–Trinajstić information content (AvgIpc) is 2.63. The zero-order chi connectivity index (χ0) is 22.9. The molecule has 0 aliphatic rings. The summed E-state index contributed by atoms with van der Waals surface area (Å²) in [4.78, 5) is 32.5. The summed E-state index contributed by atoms with van der Waals surface area (Å²) >= 11 is 0. The van der Waals surface area contributed by atoms with Crippen LogP contribution in [0.5, 0.6) is 0 Å². The molecular weight excluding hydrogens is 459 g/mol. The van der Waals surface area contributed by atoms with Crippen LogP contribution in [0, 0.1) is 0 Å². The van der Waals surface area contributed by atoms with Crippen molar-refractivity contribution in [1.82, 2.24) is 0 Å². The predicted molar refractivity (Wildman–Crippen MR) is 112 cm³/mol. The topological polar surface area (TPSA) is 100 Å². The smallest absolute Gasteiger partial charge is 0.807 e. The minimum Gasteiger partial charge on any atom is -0.807 e. The molecule has 0 aromatic rings. The second-order valence-electron chi connectivity index (χ2n) is 8.10. The molecule has 0 unspecified atom stereocenters. The second-order valence-corrected chi connectivity index (χ2v) is 9.75. The van der Waals surface area contributed by atoms with Gasteiger partial charge in [0.1, 0.15) is 5.78 Å². The van der Waals surface area contributed by atoms with Gasteiger partial charge >= 0.3 is 59.1 Å². The van der Waals surface area contributed by atoms with Crippen molar-refractivity contribution in [2.75, 3.05) is 0 Å². The Morgan fingerprint density at radius 3 is 1.81 bits per heavy atom. The molecule has 10 heteroatoms. The van der Waals surface area contributed by atoms with E-state index in [1.165, 1.54) is 38.5 Å². The Kier molecular flexibility index (Phi) is 27.0. The van der Waals surface area contributed by atoms with Crippen LogP contribution in [0.3, 0.4) is 0 Å². The summed E-state index contributed by atoms with van der Waals surface area (Å²) in [7, 11) is -6.13. The number of allylic oxidation sites excluding steroid dienone is 2. The summed E-state index contributed by atoms with van der Waals surface area (Å²) in [6, 6.07) is 0. The minimum absolute atomic E-state index is 0. The van der Waals surface area contributed by atoms with Gasteiger partial charge in [0.2, 0.25) is 0 Å². The van der Waals surface area contributed by atoms with Crippen LogP contribution in [-0.2, 0) is 9.36 Å². The third-order valence-corrected chi connectivity index (χ3v) is 6.05. The molecule has 0 amide bonds. The number of rotatable bonds is 20. The van der Waals surface area contributed by atoms with E-state index in [4.69, 9.17) is 0 Å². The number of carbonyl (C=O) groups is 1. The maximum Gasteiger partial charge on any atom is 1.00 e. The Morgan fingerprint density at radius 2 is 1.34 bits per heavy atom. The number of hydrogen-bond acceptors (Lipinski definition) is 5. The van der Waals surface area contributed by atoms with E-state index in [0.29, 0.717) is 6.42 Å². The van der Waals surface area contributed by atoms with Gasteiger partial charge in [-0.2, -0.15) is 0 Å². The summed E-state index contributed by atoms with van der Waals surface area (Å²) in [6.45, 7) is 2.22. The number of halogens is 2. The number of ketones is 1. The van der Waals surface area contributed by atoms with E-state index in [2.05, 4.69) is 19.1 Å². The first-order valence-corrected chi connectivity index (χ1v) is 12.9. The predicted octanol–water partition coefficient (Wildman–Crippen LogP) is -0.751. The molecule has 0 radical (unpaired) electrons. The van der Waals surface area contributed by atoms with E-state index < -0.39 is 38.0 Å². The van der Waals surface area contributed by atoms with E-state index >= 15 is 0 Å². The van der Waals surface area contributed by atoms with Gasteiger partial charge in [-0.15, -0.1) is 0 Å². The minimum atomic E-state index is -6.13. The van der Waals surface area contributed by atoms with E-state index in [1.54, 1.807) is 0 Å². The molecule has 0 spiro atoms. The Hall–Kier alpha value is 1.38. The monoisotopic (exact) mass is 498 g/mol. The normalized spacial score (nSPS) is 12.9. The van der Waals surface area contributed by atoms with Crippen LogP contribution in [0.2, 0.25) is 0 Å². The van der Waals surface area contributed by atoms with Crippen molar-refractivity contribution in [3.05, 3.63) is 12.2 Å². The van der Waals surface area contributed by atoms with Gasteiger partial charge in [-0.25, -0.2) is 8.78 Å². The maximum absolute atomic E-state index is 13.1. The third-order valence-electron chi connectivity index (χ3n) is 5.06. The van der Waals surface area contributed by atoms with Crippen LogP contribution in [0.1, 0.15) is 110 Å². The zero-order valence-corrected chi connectivity index (χ0v) is 25.2. The Morgan fingerprint density at radius 1 is 0.906 bits per heavy atom. The van der Waals surface area contributed by atoms with Gasteiger partial charge in [0.05, 0.1) is 6.10 Å². The van der Waals surface area contributed by atoms with Crippen LogP contribution in [0.25, 0.3) is 0 Å². The van der Waals surface area contributed by atoms with Crippen molar-refractivity contribution in [2.45, 2.75) is 121 Å². The van der Waals surface area contributed by atoms with Gasteiger partial charge in [-0.1, -0.05) is 70.4 Å². The molecule has 0 fully saturated rings. The molecular formula is C22H39F2Na2O5P. The van der Waals surface area contributed by atoms with E-state index in [1.807, 2.05) is 0 Å². The Balaban J connectivity index is -0.00000420. The molecule has 32 heavy (non-hydrogen) atoms. The fourth-order valence-corrected chi connectivity index (χ4v) is 3.66. The van der Waals surface area contributed by atoms with Crippen LogP contribution in [0.4, 0.5) is 8.78 Å². The number of carbonyl (C=O) groups excluding carboxylic acids is 1. The molecule has 1 N–H and O–H groups in total. The fourth-order valence-electron chi connectivity index (χ4n) is 3.23. The molecule has 178 valence electrons. The number of aliphatic hydroxyl groups is 1. The number of aliphatic hydroxyl groups excluding tert-OH is 1. The molecule has 0 aliphatic heterocycles. The largest absolute Gasteiger partial charge is 1.00 e. The maximum atomic E-state index is 13.1. The van der Waals surface area contributed by atoms with E-state index in [-0.39, 0.29) is 65.5 Å². The number of unbranched alkanes of at least 4 members (excludes halogenated alkanes) is 11. The first-order valence-electron chi connectivity index (χ1n) is 11.3. The van der Waals surface area contributed by atoms with Crippen molar-refractivity contribution in [1.29, 1.82) is 0 Å². The van der Waals surface area contributed by atoms with E-state index in [0.717, 1.165) is 38.5 Å². The van der Waals surface area contributed by atoms with Crippen molar-refractivity contribution < 1.29 is 92.1 Å². The molecule has 5 nitrogen and oxygen atoms in total. The standard InChI is InChI=1S/C22H41F2O5P.2Na/c1-2-3-4-5-6-7-8-9-10-11-12-13-14-15-16-17-20(25)18-21(26)19-22(23,24)30(27,28)29;;/h9-10,21,26H,2-8,11-19H2,1H3,(H2,27,28,29);;/q;2*+1/p-2/b10-9-;;/t21-;;/m1../s1. The van der Waals surface area contributed by atoms with Crippen LogP contribution in [0.15, 0.2) is 12.2 Å². The van der Waals surface area contributed by atoms with E-state index in [9.17, 15) is 33.0 Å². The quantitative estimate of drug-likeness (QED) is 0.103. The van der Waals surface area contributed by atoms with Gasteiger partial charge in [-0.05, 0) is 32.1 Å². The summed E-state index contributed by atoms with van der Waals surface area (Å²) in [5.74, 6) is -0.400. The van der Waals surface area contributed by atoms with Gasteiger partial charge in [0, 0.05) is 26.9 Å². The van der Waals surface area contributed by atoms with Crippen LogP contribution < -0.4 is 68.9 Å². The molecule has 0 saturated heterocycles. The Labute approximate surface area is 237 Å². The van der Waals surface area contributed by atoms with Crippen molar-refractivity contribution in [3.63, 3.8) is 0 Å². The van der Waals surface area contributed by atoms with Gasteiger partial charge < -0.3 is 19.5 Å². The molecule has 1 atom stereocenters. The number of hydrogen-bond donors (Lipinski definition) is 1. The first kappa shape index (κ1) is 37.9.